The van der Waals surface area contributed by atoms with Crippen molar-refractivity contribution < 1.29 is 4.79 Å². The van der Waals surface area contributed by atoms with Gasteiger partial charge >= 0.3 is 0 Å². The number of aryl methyl sites for hydroxylation is 1. The topological polar surface area (TPSA) is 68.0 Å². The molecule has 4 nitrogen and oxygen atoms in total. The van der Waals surface area contributed by atoms with Crippen molar-refractivity contribution in [3.05, 3.63) is 35.3 Å². The van der Waals surface area contributed by atoms with E-state index < -0.39 is 0 Å². The number of hydrogen-bond donors (Lipinski definition) is 2. The number of benzene rings is 1. The molecule has 3 N–H and O–H groups in total. The summed E-state index contributed by atoms with van der Waals surface area (Å²) in [6.07, 6.45) is 3.15. The molecule has 106 valence electrons. The van der Waals surface area contributed by atoms with Crippen molar-refractivity contribution in [3.8, 4) is 0 Å². The molecule has 0 fully saturated rings. The number of anilines is 2. The van der Waals surface area contributed by atoms with Gasteiger partial charge < -0.3 is 11.1 Å². The van der Waals surface area contributed by atoms with Crippen LogP contribution in [0.5, 0.6) is 0 Å². The normalized spacial score (nSPS) is 10.4. The number of nitrogen functional groups attached to an aromatic ring is 1. The van der Waals surface area contributed by atoms with Gasteiger partial charge in [-0.25, -0.2) is 4.98 Å². The molecule has 0 atom stereocenters. The molecule has 0 saturated carbocycles. The molecule has 1 amide bonds. The highest BCUT2D eigenvalue weighted by Crippen LogP contribution is 2.22. The zero-order valence-corrected chi connectivity index (χ0v) is 12.9. The van der Waals surface area contributed by atoms with E-state index in [0.29, 0.717) is 12.1 Å². The number of amides is 1. The van der Waals surface area contributed by atoms with Crippen molar-refractivity contribution in [2.45, 2.75) is 24.1 Å². The molecule has 2 rings (SSSR count). The Morgan fingerprint density at radius 1 is 1.50 bits per heavy atom. The van der Waals surface area contributed by atoms with Crippen LogP contribution in [0, 0.1) is 6.92 Å². The summed E-state index contributed by atoms with van der Waals surface area (Å²) < 4.78 is 1.06. The van der Waals surface area contributed by atoms with E-state index in [0.717, 1.165) is 27.8 Å². The van der Waals surface area contributed by atoms with Crippen molar-refractivity contribution in [3.63, 3.8) is 0 Å². The first-order valence-electron chi connectivity index (χ1n) is 6.33. The van der Waals surface area contributed by atoms with E-state index in [1.807, 2.05) is 24.4 Å². The predicted molar refractivity (Wildman–Crippen MR) is 86.3 cm³/mol. The molecule has 1 heterocycles. The molecule has 0 aliphatic heterocycles. The van der Waals surface area contributed by atoms with Crippen LogP contribution in [0.25, 0.3) is 0 Å². The first-order valence-corrected chi connectivity index (χ1v) is 8.20. The van der Waals surface area contributed by atoms with Crippen LogP contribution in [0.2, 0.25) is 0 Å². The summed E-state index contributed by atoms with van der Waals surface area (Å²) in [4.78, 5) is 16.0. The lowest BCUT2D eigenvalue weighted by atomic mass is 10.1. The van der Waals surface area contributed by atoms with E-state index in [9.17, 15) is 4.79 Å². The van der Waals surface area contributed by atoms with Crippen LogP contribution >= 0.6 is 23.1 Å². The molecule has 0 bridgehead atoms. The van der Waals surface area contributed by atoms with E-state index in [1.54, 1.807) is 35.4 Å². The summed E-state index contributed by atoms with van der Waals surface area (Å²) in [6.45, 7) is 1.93. The van der Waals surface area contributed by atoms with Crippen molar-refractivity contribution >= 4 is 40.4 Å². The van der Waals surface area contributed by atoms with Gasteiger partial charge in [0.2, 0.25) is 5.91 Å². The fourth-order valence-corrected chi connectivity index (χ4v) is 3.36. The minimum atomic E-state index is 0.0395. The minimum Gasteiger partial charge on any atom is -0.399 e. The quantitative estimate of drug-likeness (QED) is 0.486. The van der Waals surface area contributed by atoms with Gasteiger partial charge in [0.25, 0.3) is 0 Å². The van der Waals surface area contributed by atoms with Gasteiger partial charge in [-0.1, -0.05) is 11.8 Å². The Hall–Kier alpha value is -1.53. The van der Waals surface area contributed by atoms with Gasteiger partial charge in [-0.15, -0.1) is 11.3 Å². The van der Waals surface area contributed by atoms with Crippen LogP contribution in [-0.2, 0) is 4.79 Å². The molecule has 0 unspecified atom stereocenters. The SMILES string of the molecule is Cc1cc(N)ccc1NC(=O)CCCSc1nccs1. The van der Waals surface area contributed by atoms with Gasteiger partial charge in [0, 0.05) is 35.1 Å². The molecule has 1 aromatic carbocycles. The highest BCUT2D eigenvalue weighted by atomic mass is 32.2. The standard InChI is InChI=1S/C14H17N3OS2/c1-10-9-11(15)4-5-12(10)17-13(18)3-2-7-19-14-16-6-8-20-14/h4-6,8-9H,2-3,7,15H2,1H3,(H,17,18). The first kappa shape index (κ1) is 14.9. The first-order chi connectivity index (χ1) is 9.65. The van der Waals surface area contributed by atoms with Crippen LogP contribution in [0.15, 0.2) is 34.1 Å². The molecule has 0 aliphatic rings. The predicted octanol–water partition coefficient (Wildman–Crippen LogP) is 3.54. The summed E-state index contributed by atoms with van der Waals surface area (Å²) >= 11 is 3.32. The molecule has 20 heavy (non-hydrogen) atoms. The molecular formula is C14H17N3OS2. The fraction of sp³-hybridized carbons (Fsp3) is 0.286. The summed E-state index contributed by atoms with van der Waals surface area (Å²) in [7, 11) is 0. The number of nitrogens with zero attached hydrogens (tertiary/aromatic N) is 1. The van der Waals surface area contributed by atoms with Gasteiger partial charge in [-0.3, -0.25) is 4.79 Å². The average Bonchev–Trinajstić information content (AvgIpc) is 2.91. The molecule has 1 aromatic heterocycles. The lowest BCUT2D eigenvalue weighted by Gasteiger charge is -2.08. The number of nitrogens with one attached hydrogen (secondary N) is 1. The molecule has 0 aliphatic carbocycles. The second kappa shape index (κ2) is 7.31. The third-order valence-corrected chi connectivity index (χ3v) is 4.76. The molecule has 2 aromatic rings. The average molecular weight is 307 g/mol. The van der Waals surface area contributed by atoms with Gasteiger partial charge in [-0.2, -0.15) is 0 Å². The lowest BCUT2D eigenvalue weighted by molar-refractivity contribution is -0.116. The van der Waals surface area contributed by atoms with Crippen LogP contribution in [-0.4, -0.2) is 16.6 Å². The Kier molecular flexibility index (Phi) is 5.43. The number of nitrogens with two attached hydrogens (primary N) is 1. The summed E-state index contributed by atoms with van der Waals surface area (Å²) in [6, 6.07) is 5.49. The Morgan fingerprint density at radius 3 is 3.05 bits per heavy atom. The second-order valence-corrected chi connectivity index (χ2v) is 6.61. The van der Waals surface area contributed by atoms with Crippen LogP contribution < -0.4 is 11.1 Å². The zero-order chi connectivity index (χ0) is 14.4. The van der Waals surface area contributed by atoms with Gasteiger partial charge in [0.1, 0.15) is 4.34 Å². The summed E-state index contributed by atoms with van der Waals surface area (Å²) in [5, 5.41) is 4.87. The largest absolute Gasteiger partial charge is 0.399 e. The number of hydrogen-bond acceptors (Lipinski definition) is 5. The van der Waals surface area contributed by atoms with E-state index >= 15 is 0 Å². The second-order valence-electron chi connectivity index (χ2n) is 4.37. The maximum Gasteiger partial charge on any atom is 0.224 e. The molecule has 0 radical (unpaired) electrons. The van der Waals surface area contributed by atoms with Gasteiger partial charge in [-0.05, 0) is 37.1 Å². The van der Waals surface area contributed by atoms with Crippen molar-refractivity contribution in [1.82, 2.24) is 4.98 Å². The van der Waals surface area contributed by atoms with Crippen LogP contribution in [0.1, 0.15) is 18.4 Å². The van der Waals surface area contributed by atoms with Gasteiger partial charge in [0.15, 0.2) is 0 Å². The number of carbonyl (C=O) groups excluding carboxylic acids is 1. The third-order valence-electron chi connectivity index (χ3n) is 2.71. The summed E-state index contributed by atoms with van der Waals surface area (Å²) in [5.41, 5.74) is 8.20. The van der Waals surface area contributed by atoms with Crippen LogP contribution in [0.3, 0.4) is 0 Å². The highest BCUT2D eigenvalue weighted by Gasteiger charge is 2.05. The van der Waals surface area contributed by atoms with E-state index in [1.165, 1.54) is 0 Å². The number of thiazole rings is 1. The number of carbonyl (C=O) groups is 1. The third kappa shape index (κ3) is 4.54. The van der Waals surface area contributed by atoms with Gasteiger partial charge in [0.05, 0.1) is 0 Å². The zero-order valence-electron chi connectivity index (χ0n) is 11.3. The Labute approximate surface area is 126 Å². The Morgan fingerprint density at radius 2 is 2.35 bits per heavy atom. The maximum absolute atomic E-state index is 11.8. The summed E-state index contributed by atoms with van der Waals surface area (Å²) in [5.74, 6) is 0.944. The fourth-order valence-electron chi connectivity index (χ4n) is 1.71. The van der Waals surface area contributed by atoms with E-state index in [2.05, 4.69) is 10.3 Å². The Bertz CT molecular complexity index is 570. The molecule has 0 spiro atoms. The highest BCUT2D eigenvalue weighted by molar-refractivity contribution is 8.00. The van der Waals surface area contributed by atoms with E-state index in [-0.39, 0.29) is 5.91 Å². The maximum atomic E-state index is 11.8. The van der Waals surface area contributed by atoms with Crippen molar-refractivity contribution in [1.29, 1.82) is 0 Å². The smallest absolute Gasteiger partial charge is 0.224 e. The van der Waals surface area contributed by atoms with E-state index in [4.69, 9.17) is 5.73 Å². The monoisotopic (exact) mass is 307 g/mol. The number of rotatable bonds is 6. The Balaban J connectivity index is 1.72. The van der Waals surface area contributed by atoms with Crippen LogP contribution in [0.4, 0.5) is 11.4 Å². The molecule has 0 saturated heterocycles. The minimum absolute atomic E-state index is 0.0395. The number of thioether (sulfide) groups is 1. The molecule has 6 heteroatoms. The van der Waals surface area contributed by atoms with Crippen molar-refractivity contribution in [2.24, 2.45) is 0 Å². The molecular weight excluding hydrogens is 290 g/mol. The number of aromatic nitrogens is 1. The lowest BCUT2D eigenvalue weighted by Crippen LogP contribution is -2.12. The van der Waals surface area contributed by atoms with Crippen molar-refractivity contribution in [2.75, 3.05) is 16.8 Å².